The molecule has 0 amide bonds. The Morgan fingerprint density at radius 2 is 1.89 bits per heavy atom. The number of thiazole rings is 1. The van der Waals surface area contributed by atoms with E-state index >= 15 is 4.39 Å². The third-order valence-corrected chi connectivity index (χ3v) is 9.94. The van der Waals surface area contributed by atoms with E-state index in [2.05, 4.69) is 25.6 Å². The van der Waals surface area contributed by atoms with Crippen molar-refractivity contribution in [2.24, 2.45) is 0 Å². The summed E-state index contributed by atoms with van der Waals surface area (Å²) in [5.74, 6) is 0.474. The maximum atomic E-state index is 15.2. The molecule has 0 unspecified atom stereocenters. The number of aryl methyl sites for hydroxylation is 1. The van der Waals surface area contributed by atoms with Crippen molar-refractivity contribution in [2.75, 3.05) is 29.9 Å². The minimum atomic E-state index is -3.00. The molecule has 13 heteroatoms. The van der Waals surface area contributed by atoms with Gasteiger partial charge in [-0.15, -0.1) is 11.3 Å². The zero-order valence-electron chi connectivity index (χ0n) is 24.5. The second kappa shape index (κ2) is 15.0. The summed E-state index contributed by atoms with van der Waals surface area (Å²) in [4.78, 5) is 13.3. The summed E-state index contributed by atoms with van der Waals surface area (Å²) in [6, 6.07) is 14.4. The second-order valence-corrected chi connectivity index (χ2v) is 14.0. The predicted molar refractivity (Wildman–Crippen MR) is 176 cm³/mol. The molecule has 0 saturated carbocycles. The van der Waals surface area contributed by atoms with Crippen molar-refractivity contribution in [3.63, 3.8) is 0 Å². The van der Waals surface area contributed by atoms with E-state index in [1.165, 1.54) is 35.9 Å². The van der Waals surface area contributed by atoms with Crippen molar-refractivity contribution < 1.29 is 21.9 Å². The first-order valence-corrected chi connectivity index (χ1v) is 17.5. The largest absolute Gasteiger partial charge is 0.487 e. The summed E-state index contributed by atoms with van der Waals surface area (Å²) in [5, 5.41) is 10.1. The second-order valence-electron chi connectivity index (χ2n) is 10.4. The van der Waals surface area contributed by atoms with Crippen molar-refractivity contribution >= 4 is 55.2 Å². The molecule has 0 aliphatic heterocycles. The van der Waals surface area contributed by atoms with Crippen LogP contribution >= 0.6 is 22.9 Å². The van der Waals surface area contributed by atoms with E-state index in [9.17, 15) is 12.8 Å². The molecule has 0 aliphatic rings. The van der Waals surface area contributed by atoms with Gasteiger partial charge in [-0.1, -0.05) is 30.7 Å². The highest BCUT2D eigenvalue weighted by atomic mass is 35.5. The lowest BCUT2D eigenvalue weighted by Crippen LogP contribution is -2.25. The molecule has 0 aliphatic carbocycles. The molecule has 2 heterocycles. The molecule has 0 saturated heterocycles. The molecule has 2 N–H and O–H groups in total. The van der Waals surface area contributed by atoms with Gasteiger partial charge in [-0.05, 0) is 61.3 Å². The molecule has 0 radical (unpaired) electrons. The molecule has 0 bridgehead atoms. The molecular weight excluding hydrogens is 640 g/mol. The Kier molecular flexibility index (Phi) is 10.9. The van der Waals surface area contributed by atoms with Crippen LogP contribution in [0.1, 0.15) is 30.3 Å². The molecule has 45 heavy (non-hydrogen) atoms. The zero-order chi connectivity index (χ0) is 31.8. The van der Waals surface area contributed by atoms with Crippen LogP contribution in [0.25, 0.3) is 22.2 Å². The first-order valence-electron chi connectivity index (χ1n) is 14.4. The first kappa shape index (κ1) is 32.7. The van der Waals surface area contributed by atoms with E-state index in [0.29, 0.717) is 75.9 Å². The summed E-state index contributed by atoms with van der Waals surface area (Å²) in [7, 11) is -3.00. The van der Waals surface area contributed by atoms with E-state index in [4.69, 9.17) is 16.3 Å². The van der Waals surface area contributed by atoms with Gasteiger partial charge < -0.3 is 15.4 Å². The average molecular weight is 672 g/mol. The number of aromatic nitrogens is 3. The Balaban J connectivity index is 1.24. The molecule has 3 aromatic carbocycles. The van der Waals surface area contributed by atoms with Gasteiger partial charge in [0.1, 0.15) is 36.1 Å². The van der Waals surface area contributed by atoms with E-state index in [1.54, 1.807) is 36.4 Å². The number of benzene rings is 3. The van der Waals surface area contributed by atoms with Gasteiger partial charge in [-0.2, -0.15) is 0 Å². The van der Waals surface area contributed by atoms with Crippen molar-refractivity contribution in [3.05, 3.63) is 93.5 Å². The number of anilines is 2. The van der Waals surface area contributed by atoms with Crippen LogP contribution in [0.5, 0.6) is 5.75 Å². The van der Waals surface area contributed by atoms with Crippen LogP contribution in [0.2, 0.25) is 5.02 Å². The van der Waals surface area contributed by atoms with Crippen LogP contribution in [-0.4, -0.2) is 48.0 Å². The average Bonchev–Trinajstić information content (AvgIpc) is 3.47. The number of nitrogens with one attached hydrogen (secondary N) is 2. The number of halogens is 3. The molecule has 0 fully saturated rings. The van der Waals surface area contributed by atoms with Gasteiger partial charge >= 0.3 is 0 Å². The third kappa shape index (κ3) is 8.94. The molecular formula is C32H32ClF2N5O3S2. The maximum Gasteiger partial charge on any atom is 0.151 e. The Bertz CT molecular complexity index is 1890. The highest BCUT2D eigenvalue weighted by Gasteiger charge is 2.15. The minimum Gasteiger partial charge on any atom is -0.487 e. The minimum absolute atomic E-state index is 0.134. The number of hydrogen-bond donors (Lipinski definition) is 2. The predicted octanol–water partition coefficient (Wildman–Crippen LogP) is 7.35. The highest BCUT2D eigenvalue weighted by Crippen LogP contribution is 2.34. The fourth-order valence-electron chi connectivity index (χ4n) is 4.67. The van der Waals surface area contributed by atoms with Crippen LogP contribution in [0.4, 0.5) is 20.3 Å². The molecule has 5 aromatic rings. The SMILES string of the molecule is CCCS(=O)(=O)CCNCCCc1nc(-c2cc3c(Nc4ccc(OCc5cccc(F)c5)c(Cl)c4)ncnc3cc2F)cs1. The maximum absolute atomic E-state index is 15.2. The lowest BCUT2D eigenvalue weighted by Gasteiger charge is -2.12. The van der Waals surface area contributed by atoms with Crippen molar-refractivity contribution in [1.82, 2.24) is 20.3 Å². The number of hydrogen-bond acceptors (Lipinski definition) is 9. The van der Waals surface area contributed by atoms with E-state index in [1.807, 2.05) is 12.3 Å². The van der Waals surface area contributed by atoms with Crippen LogP contribution in [0.3, 0.4) is 0 Å². The van der Waals surface area contributed by atoms with Crippen molar-refractivity contribution in [1.29, 1.82) is 0 Å². The zero-order valence-corrected chi connectivity index (χ0v) is 26.9. The van der Waals surface area contributed by atoms with Gasteiger partial charge in [0.05, 0.1) is 27.0 Å². The monoisotopic (exact) mass is 671 g/mol. The topological polar surface area (TPSA) is 106 Å². The lowest BCUT2D eigenvalue weighted by atomic mass is 10.1. The molecule has 0 spiro atoms. The van der Waals surface area contributed by atoms with E-state index in [0.717, 1.165) is 11.4 Å². The fourth-order valence-corrected chi connectivity index (χ4v) is 7.03. The number of rotatable bonds is 15. The molecule has 8 nitrogen and oxygen atoms in total. The number of sulfone groups is 1. The van der Waals surface area contributed by atoms with Crippen LogP contribution in [-0.2, 0) is 22.9 Å². The first-order chi connectivity index (χ1) is 21.7. The third-order valence-electron chi connectivity index (χ3n) is 6.88. The summed E-state index contributed by atoms with van der Waals surface area (Å²) in [5.41, 5.74) is 2.60. The number of ether oxygens (including phenoxy) is 1. The Labute approximate surface area is 269 Å². The van der Waals surface area contributed by atoms with Crippen LogP contribution in [0, 0.1) is 11.6 Å². The Morgan fingerprint density at radius 3 is 2.69 bits per heavy atom. The normalized spacial score (nSPS) is 11.6. The van der Waals surface area contributed by atoms with E-state index in [-0.39, 0.29) is 23.9 Å². The van der Waals surface area contributed by atoms with Crippen molar-refractivity contribution in [3.8, 4) is 17.0 Å². The lowest BCUT2D eigenvalue weighted by molar-refractivity contribution is 0.306. The van der Waals surface area contributed by atoms with E-state index < -0.39 is 15.7 Å². The fraction of sp³-hybridized carbons (Fsp3) is 0.281. The summed E-state index contributed by atoms with van der Waals surface area (Å²) in [6.45, 7) is 3.11. The van der Waals surface area contributed by atoms with Crippen LogP contribution < -0.4 is 15.4 Å². The number of nitrogens with zero attached hydrogens (tertiary/aromatic N) is 3. The Hall–Kier alpha value is -3.71. The van der Waals surface area contributed by atoms with Gasteiger partial charge in [0.2, 0.25) is 0 Å². The van der Waals surface area contributed by atoms with Gasteiger partial charge in [-0.3, -0.25) is 0 Å². The smallest absolute Gasteiger partial charge is 0.151 e. The molecule has 2 aromatic heterocycles. The van der Waals surface area contributed by atoms with Crippen molar-refractivity contribution in [2.45, 2.75) is 32.8 Å². The molecule has 236 valence electrons. The van der Waals surface area contributed by atoms with Gasteiger partial charge in [-0.25, -0.2) is 32.2 Å². The summed E-state index contributed by atoms with van der Waals surface area (Å²) < 4.78 is 58.1. The summed E-state index contributed by atoms with van der Waals surface area (Å²) >= 11 is 7.93. The van der Waals surface area contributed by atoms with Crippen LogP contribution in [0.15, 0.2) is 66.3 Å². The number of fused-ring (bicyclic) bond motifs is 1. The highest BCUT2D eigenvalue weighted by molar-refractivity contribution is 7.91. The van der Waals surface area contributed by atoms with Gasteiger partial charge in [0.15, 0.2) is 9.84 Å². The summed E-state index contributed by atoms with van der Waals surface area (Å²) in [6.07, 6.45) is 3.45. The quantitative estimate of drug-likeness (QED) is 0.111. The van der Waals surface area contributed by atoms with Gasteiger partial charge in [0, 0.05) is 46.8 Å². The molecule has 5 rings (SSSR count). The molecule has 0 atom stereocenters. The van der Waals surface area contributed by atoms with Gasteiger partial charge in [0.25, 0.3) is 0 Å². The standard InChI is InChI=1S/C32H32ClF2N5O3S2/c1-2-12-45(41,42)13-11-36-10-4-7-31-40-29(19-44-31)24-16-25-28(17-27(24)35)37-20-38-32(25)39-23-8-9-30(26(33)15-23)43-18-21-5-3-6-22(34)14-21/h3,5-6,8-9,14-17,19-20,36H,2,4,7,10-13,18H2,1H3,(H,37,38,39). The Morgan fingerprint density at radius 1 is 1.02 bits per heavy atom.